The third-order valence-corrected chi connectivity index (χ3v) is 3.48. The summed E-state index contributed by atoms with van der Waals surface area (Å²) < 4.78 is 4.93. The van der Waals surface area contributed by atoms with Crippen molar-refractivity contribution in [3.8, 4) is 11.5 Å². The number of methoxy groups -OCH3 is 1. The van der Waals surface area contributed by atoms with E-state index in [9.17, 15) is 15.2 Å². The number of ether oxygens (including phenoxy) is 1. The highest BCUT2D eigenvalue weighted by molar-refractivity contribution is 7.10. The second kappa shape index (κ2) is 5.70. The molecule has 1 heterocycles. The number of nitro groups is 1. The van der Waals surface area contributed by atoms with Gasteiger partial charge in [-0.25, -0.2) is 4.98 Å². The summed E-state index contributed by atoms with van der Waals surface area (Å²) in [6.45, 7) is 1.89. The van der Waals surface area contributed by atoms with Gasteiger partial charge in [0.2, 0.25) is 5.75 Å². The number of benzene rings is 1. The van der Waals surface area contributed by atoms with Crippen molar-refractivity contribution in [3.63, 3.8) is 0 Å². The second-order valence-electron chi connectivity index (χ2n) is 4.01. The van der Waals surface area contributed by atoms with Gasteiger partial charge in [-0.2, -0.15) is 0 Å². The number of aromatic nitrogens is 1. The fourth-order valence-electron chi connectivity index (χ4n) is 1.62. The van der Waals surface area contributed by atoms with Gasteiger partial charge in [-0.05, 0) is 24.6 Å². The number of nitro benzene ring substituents is 1. The van der Waals surface area contributed by atoms with Crippen molar-refractivity contribution in [2.75, 3.05) is 7.11 Å². The molecule has 0 aliphatic carbocycles. The molecule has 7 heteroatoms. The molecule has 20 heavy (non-hydrogen) atoms. The Morgan fingerprint density at radius 1 is 1.45 bits per heavy atom. The van der Waals surface area contributed by atoms with Crippen molar-refractivity contribution in [1.29, 1.82) is 0 Å². The molecule has 0 spiro atoms. The maximum absolute atomic E-state index is 10.9. The molecule has 0 aliphatic rings. The molecule has 0 aliphatic heterocycles. The van der Waals surface area contributed by atoms with Crippen LogP contribution in [0.25, 0.3) is 12.2 Å². The molecule has 2 aromatic rings. The summed E-state index contributed by atoms with van der Waals surface area (Å²) in [6.07, 6.45) is 3.44. The van der Waals surface area contributed by atoms with Gasteiger partial charge < -0.3 is 9.84 Å². The maximum atomic E-state index is 10.9. The molecule has 0 saturated carbocycles. The van der Waals surface area contributed by atoms with Gasteiger partial charge in [0.05, 0.1) is 12.0 Å². The Morgan fingerprint density at radius 3 is 2.75 bits per heavy atom. The summed E-state index contributed by atoms with van der Waals surface area (Å²) in [5, 5.41) is 23.3. The first-order valence-electron chi connectivity index (χ1n) is 5.67. The van der Waals surface area contributed by atoms with Crippen molar-refractivity contribution in [2.45, 2.75) is 6.92 Å². The van der Waals surface area contributed by atoms with E-state index in [0.717, 1.165) is 10.7 Å². The predicted octanol–water partition coefficient (Wildman–Crippen LogP) is 3.24. The van der Waals surface area contributed by atoms with Crippen molar-refractivity contribution in [3.05, 3.63) is 43.9 Å². The van der Waals surface area contributed by atoms with Gasteiger partial charge in [0, 0.05) is 17.1 Å². The SMILES string of the molecule is COc1cc(/C=C/c2nc(C)cs2)cc([N+](=O)[O-])c1O. The number of hydrogen-bond donors (Lipinski definition) is 1. The highest BCUT2D eigenvalue weighted by Crippen LogP contribution is 2.37. The van der Waals surface area contributed by atoms with E-state index >= 15 is 0 Å². The monoisotopic (exact) mass is 292 g/mol. The zero-order valence-electron chi connectivity index (χ0n) is 10.9. The Morgan fingerprint density at radius 2 is 2.20 bits per heavy atom. The summed E-state index contributed by atoms with van der Waals surface area (Å²) in [6, 6.07) is 2.81. The summed E-state index contributed by atoms with van der Waals surface area (Å²) in [5.74, 6) is -0.408. The Balaban J connectivity index is 2.39. The van der Waals surface area contributed by atoms with E-state index in [1.807, 2.05) is 12.3 Å². The van der Waals surface area contributed by atoms with Crippen LogP contribution in [0.3, 0.4) is 0 Å². The third kappa shape index (κ3) is 2.94. The molecule has 0 amide bonds. The number of thiazole rings is 1. The predicted molar refractivity (Wildman–Crippen MR) is 77.1 cm³/mol. The molecular formula is C13H12N2O4S. The fraction of sp³-hybridized carbons (Fsp3) is 0.154. The van der Waals surface area contributed by atoms with Crippen molar-refractivity contribution < 1.29 is 14.8 Å². The summed E-state index contributed by atoms with van der Waals surface area (Å²) in [7, 11) is 1.34. The zero-order chi connectivity index (χ0) is 14.7. The molecule has 1 aromatic carbocycles. The molecule has 0 fully saturated rings. The van der Waals surface area contributed by atoms with Crippen LogP contribution in [-0.4, -0.2) is 22.1 Å². The topological polar surface area (TPSA) is 85.5 Å². The van der Waals surface area contributed by atoms with Crippen LogP contribution in [0.15, 0.2) is 17.5 Å². The largest absolute Gasteiger partial charge is 0.500 e. The minimum absolute atomic E-state index is 0.0640. The van der Waals surface area contributed by atoms with E-state index in [0.29, 0.717) is 5.56 Å². The van der Waals surface area contributed by atoms with E-state index in [-0.39, 0.29) is 11.4 Å². The standard InChI is InChI=1S/C13H12N2O4S/c1-8-7-20-12(14-8)4-3-9-5-10(15(17)18)13(16)11(6-9)19-2/h3-7,16H,1-2H3/b4-3+. The van der Waals surface area contributed by atoms with Gasteiger partial charge in [0.15, 0.2) is 5.75 Å². The van der Waals surface area contributed by atoms with Crippen molar-refractivity contribution in [1.82, 2.24) is 4.98 Å². The number of aromatic hydroxyl groups is 1. The van der Waals surface area contributed by atoms with Gasteiger partial charge >= 0.3 is 5.69 Å². The lowest BCUT2D eigenvalue weighted by atomic mass is 10.1. The zero-order valence-corrected chi connectivity index (χ0v) is 11.7. The third-order valence-electron chi connectivity index (χ3n) is 2.55. The van der Waals surface area contributed by atoms with Gasteiger partial charge in [0.1, 0.15) is 5.01 Å². The van der Waals surface area contributed by atoms with Crippen molar-refractivity contribution >= 4 is 29.2 Å². The number of nitrogens with zero attached hydrogens (tertiary/aromatic N) is 2. The van der Waals surface area contributed by atoms with Gasteiger partial charge in [-0.3, -0.25) is 10.1 Å². The van der Waals surface area contributed by atoms with Crippen LogP contribution in [0.4, 0.5) is 5.69 Å². The van der Waals surface area contributed by atoms with E-state index in [4.69, 9.17) is 4.74 Å². The number of rotatable bonds is 4. The minimum atomic E-state index is -0.650. The molecule has 0 bridgehead atoms. The van der Waals surface area contributed by atoms with Crippen LogP contribution in [-0.2, 0) is 0 Å². The van der Waals surface area contributed by atoms with Crippen LogP contribution < -0.4 is 4.74 Å². The summed E-state index contributed by atoms with van der Waals surface area (Å²) in [5.41, 5.74) is 1.09. The van der Waals surface area contributed by atoms with Crippen LogP contribution in [0.2, 0.25) is 0 Å². The molecule has 6 nitrogen and oxygen atoms in total. The highest BCUT2D eigenvalue weighted by atomic mass is 32.1. The normalized spacial score (nSPS) is 10.9. The molecule has 0 saturated heterocycles. The van der Waals surface area contributed by atoms with Crippen LogP contribution >= 0.6 is 11.3 Å². The molecule has 1 aromatic heterocycles. The van der Waals surface area contributed by atoms with E-state index in [2.05, 4.69) is 4.98 Å². The lowest BCUT2D eigenvalue weighted by Gasteiger charge is -2.05. The molecular weight excluding hydrogens is 280 g/mol. The maximum Gasteiger partial charge on any atom is 0.315 e. The first-order valence-corrected chi connectivity index (χ1v) is 6.55. The number of hydrogen-bond acceptors (Lipinski definition) is 6. The lowest BCUT2D eigenvalue weighted by Crippen LogP contribution is -1.93. The molecule has 0 radical (unpaired) electrons. The molecule has 1 N–H and O–H groups in total. The number of phenols is 1. The average Bonchev–Trinajstić information content (AvgIpc) is 2.83. The van der Waals surface area contributed by atoms with Crippen LogP contribution in [0.1, 0.15) is 16.3 Å². The van der Waals surface area contributed by atoms with Gasteiger partial charge in [0.25, 0.3) is 0 Å². The summed E-state index contributed by atoms with van der Waals surface area (Å²) in [4.78, 5) is 14.5. The highest BCUT2D eigenvalue weighted by Gasteiger charge is 2.18. The van der Waals surface area contributed by atoms with E-state index in [1.54, 1.807) is 12.2 Å². The van der Waals surface area contributed by atoms with E-state index < -0.39 is 10.7 Å². The smallest absolute Gasteiger partial charge is 0.315 e. The van der Waals surface area contributed by atoms with Gasteiger partial charge in [-0.1, -0.05) is 6.08 Å². The summed E-state index contributed by atoms with van der Waals surface area (Å²) >= 11 is 1.48. The quantitative estimate of drug-likeness (QED) is 0.690. The van der Waals surface area contributed by atoms with Crippen LogP contribution in [0.5, 0.6) is 11.5 Å². The van der Waals surface area contributed by atoms with Crippen molar-refractivity contribution in [2.24, 2.45) is 0 Å². The Bertz CT molecular complexity index is 679. The molecule has 104 valence electrons. The Labute approximate surface area is 119 Å². The minimum Gasteiger partial charge on any atom is -0.500 e. The first-order chi connectivity index (χ1) is 9.51. The second-order valence-corrected chi connectivity index (χ2v) is 4.90. The molecule has 0 atom stereocenters. The number of aryl methyl sites for hydroxylation is 1. The Kier molecular flexibility index (Phi) is 3.99. The average molecular weight is 292 g/mol. The lowest BCUT2D eigenvalue weighted by molar-refractivity contribution is -0.386. The molecule has 0 unspecified atom stereocenters. The van der Waals surface area contributed by atoms with Crippen LogP contribution in [0, 0.1) is 17.0 Å². The number of phenolic OH excluding ortho intramolecular Hbond substituents is 1. The molecule has 2 rings (SSSR count). The Hall–Kier alpha value is -2.41. The fourth-order valence-corrected chi connectivity index (χ4v) is 2.31. The first kappa shape index (κ1) is 14.0. The van der Waals surface area contributed by atoms with Gasteiger partial charge in [-0.15, -0.1) is 11.3 Å². The van der Waals surface area contributed by atoms with E-state index in [1.165, 1.54) is 30.6 Å².